The average molecular weight is 293 g/mol. The highest BCUT2D eigenvalue weighted by atomic mass is 32.2. The summed E-state index contributed by atoms with van der Waals surface area (Å²) in [5.74, 6) is 1.39. The van der Waals surface area contributed by atoms with E-state index in [4.69, 9.17) is 0 Å². The summed E-state index contributed by atoms with van der Waals surface area (Å²) in [7, 11) is 0. The van der Waals surface area contributed by atoms with E-state index in [1.807, 2.05) is 17.8 Å². The summed E-state index contributed by atoms with van der Waals surface area (Å²) in [6, 6.07) is 7.85. The lowest BCUT2D eigenvalue weighted by Gasteiger charge is -2.22. The van der Waals surface area contributed by atoms with Gasteiger partial charge in [0.15, 0.2) is 6.04 Å². The Morgan fingerprint density at radius 1 is 1.25 bits per heavy atom. The molecule has 0 unspecified atom stereocenters. The Hall–Kier alpha value is -1.49. The smallest absolute Gasteiger partial charge is 0.330 e. The van der Waals surface area contributed by atoms with Crippen molar-refractivity contribution in [3.05, 3.63) is 35.9 Å². The number of carboxylic acid groups (broad SMARTS) is 1. The molecule has 1 saturated heterocycles. The number of aliphatic carboxylic acids is 1. The topological polar surface area (TPSA) is 66.4 Å². The van der Waals surface area contributed by atoms with E-state index in [2.05, 4.69) is 5.32 Å². The fraction of sp³-hybridized carbons (Fsp3) is 0.467. The van der Waals surface area contributed by atoms with Crippen molar-refractivity contribution in [2.75, 3.05) is 11.5 Å². The fourth-order valence-corrected chi connectivity index (χ4v) is 3.57. The molecule has 5 heteroatoms. The normalized spacial score (nSPS) is 17.4. The molecule has 0 aromatic heterocycles. The van der Waals surface area contributed by atoms with Crippen LogP contribution >= 0.6 is 11.8 Å². The van der Waals surface area contributed by atoms with E-state index < -0.39 is 12.0 Å². The number of nitrogens with one attached hydrogen (secondary N) is 1. The number of carbonyl (C=O) groups excluding carboxylic acids is 1. The van der Waals surface area contributed by atoms with Crippen LogP contribution in [0.4, 0.5) is 0 Å². The minimum atomic E-state index is -1.02. The van der Waals surface area contributed by atoms with Crippen LogP contribution in [0.25, 0.3) is 0 Å². The van der Waals surface area contributed by atoms with Gasteiger partial charge in [-0.2, -0.15) is 11.8 Å². The van der Waals surface area contributed by atoms with Crippen LogP contribution in [0.15, 0.2) is 30.3 Å². The maximum Gasteiger partial charge on any atom is 0.330 e. The molecule has 0 radical (unpaired) electrons. The van der Waals surface area contributed by atoms with Gasteiger partial charge in [-0.15, -0.1) is 0 Å². The summed E-state index contributed by atoms with van der Waals surface area (Å²) in [4.78, 5) is 23.3. The Morgan fingerprint density at radius 3 is 2.50 bits per heavy atom. The standard InChI is InChI=1S/C15H19NO3S/c17-13(10-11-6-8-20-9-7-11)16-14(15(18)19)12-4-2-1-3-5-12/h1-5,11,14H,6-10H2,(H,16,17)(H,18,19)/t14-/m1/s1. The monoisotopic (exact) mass is 293 g/mol. The summed E-state index contributed by atoms with van der Waals surface area (Å²) in [6.45, 7) is 0. The van der Waals surface area contributed by atoms with Gasteiger partial charge in [-0.1, -0.05) is 30.3 Å². The molecule has 4 nitrogen and oxygen atoms in total. The number of hydrogen-bond acceptors (Lipinski definition) is 3. The number of rotatable bonds is 5. The van der Waals surface area contributed by atoms with Crippen molar-refractivity contribution < 1.29 is 14.7 Å². The van der Waals surface area contributed by atoms with Crippen molar-refractivity contribution in [3.63, 3.8) is 0 Å². The van der Waals surface area contributed by atoms with Gasteiger partial charge in [-0.25, -0.2) is 4.79 Å². The lowest BCUT2D eigenvalue weighted by atomic mass is 9.98. The maximum absolute atomic E-state index is 12.0. The number of benzene rings is 1. The summed E-state index contributed by atoms with van der Waals surface area (Å²) in [5, 5.41) is 11.9. The van der Waals surface area contributed by atoms with Crippen molar-refractivity contribution >= 4 is 23.6 Å². The van der Waals surface area contributed by atoms with Crippen LogP contribution in [-0.4, -0.2) is 28.5 Å². The lowest BCUT2D eigenvalue weighted by Crippen LogP contribution is -2.35. The second-order valence-electron chi connectivity index (χ2n) is 5.01. The summed E-state index contributed by atoms with van der Waals surface area (Å²) in [6.07, 6.45) is 2.51. The van der Waals surface area contributed by atoms with Crippen molar-refractivity contribution in [3.8, 4) is 0 Å². The molecule has 2 rings (SSSR count). The van der Waals surface area contributed by atoms with Crippen LogP contribution < -0.4 is 5.32 Å². The Morgan fingerprint density at radius 2 is 1.90 bits per heavy atom. The van der Waals surface area contributed by atoms with Crippen LogP contribution in [0.1, 0.15) is 30.9 Å². The molecule has 0 aliphatic carbocycles. The Kier molecular flexibility index (Phi) is 5.47. The molecule has 0 bridgehead atoms. The number of carboxylic acids is 1. The second kappa shape index (κ2) is 7.33. The number of thioether (sulfide) groups is 1. The molecule has 0 spiro atoms. The minimum Gasteiger partial charge on any atom is -0.479 e. The number of amides is 1. The van der Waals surface area contributed by atoms with Gasteiger partial charge in [0, 0.05) is 6.42 Å². The first-order chi connectivity index (χ1) is 9.66. The molecule has 2 N–H and O–H groups in total. The van der Waals surface area contributed by atoms with Crippen LogP contribution in [0.5, 0.6) is 0 Å². The third-order valence-corrected chi connectivity index (χ3v) is 4.55. The average Bonchev–Trinajstić information content (AvgIpc) is 2.46. The molecule has 1 atom stereocenters. The van der Waals surface area contributed by atoms with Crippen LogP contribution in [-0.2, 0) is 9.59 Å². The molecule has 0 saturated carbocycles. The van der Waals surface area contributed by atoms with Crippen LogP contribution in [0, 0.1) is 5.92 Å². The van der Waals surface area contributed by atoms with Crippen LogP contribution in [0.2, 0.25) is 0 Å². The molecule has 1 amide bonds. The van der Waals surface area contributed by atoms with E-state index in [0.717, 1.165) is 24.3 Å². The molecule has 1 aromatic carbocycles. The molecule has 108 valence electrons. The Balaban J connectivity index is 1.94. The zero-order chi connectivity index (χ0) is 14.4. The van der Waals surface area contributed by atoms with Crippen molar-refractivity contribution in [2.45, 2.75) is 25.3 Å². The van der Waals surface area contributed by atoms with Crippen LogP contribution in [0.3, 0.4) is 0 Å². The van der Waals surface area contributed by atoms with E-state index in [1.54, 1.807) is 24.3 Å². The van der Waals surface area contributed by atoms with E-state index in [0.29, 0.717) is 17.9 Å². The molecular formula is C15H19NO3S. The van der Waals surface area contributed by atoms with E-state index in [1.165, 1.54) is 0 Å². The minimum absolute atomic E-state index is 0.168. The summed E-state index contributed by atoms with van der Waals surface area (Å²) < 4.78 is 0. The molecule has 1 fully saturated rings. The quantitative estimate of drug-likeness (QED) is 0.875. The molecule has 1 aromatic rings. The highest BCUT2D eigenvalue weighted by molar-refractivity contribution is 7.99. The zero-order valence-electron chi connectivity index (χ0n) is 11.2. The van der Waals surface area contributed by atoms with E-state index in [-0.39, 0.29) is 5.91 Å². The lowest BCUT2D eigenvalue weighted by molar-refractivity contribution is -0.142. The largest absolute Gasteiger partial charge is 0.479 e. The summed E-state index contributed by atoms with van der Waals surface area (Å²) >= 11 is 1.92. The van der Waals surface area contributed by atoms with Gasteiger partial charge in [0.25, 0.3) is 0 Å². The molecule has 20 heavy (non-hydrogen) atoms. The predicted octanol–water partition coefficient (Wildman–Crippen LogP) is 2.46. The first-order valence-electron chi connectivity index (χ1n) is 6.81. The summed E-state index contributed by atoms with van der Waals surface area (Å²) in [5.41, 5.74) is 0.604. The van der Waals surface area contributed by atoms with Gasteiger partial charge in [0.1, 0.15) is 0 Å². The third kappa shape index (κ3) is 4.27. The van der Waals surface area contributed by atoms with Crippen molar-refractivity contribution in [2.24, 2.45) is 5.92 Å². The first-order valence-corrected chi connectivity index (χ1v) is 7.97. The SMILES string of the molecule is O=C(CC1CCSCC1)N[C@@H](C(=O)O)c1ccccc1. The number of hydrogen-bond donors (Lipinski definition) is 2. The predicted molar refractivity (Wildman–Crippen MR) is 79.6 cm³/mol. The Labute approximate surface area is 123 Å². The van der Waals surface area contributed by atoms with E-state index in [9.17, 15) is 14.7 Å². The zero-order valence-corrected chi connectivity index (χ0v) is 12.1. The van der Waals surface area contributed by atoms with Crippen molar-refractivity contribution in [1.82, 2.24) is 5.32 Å². The first kappa shape index (κ1) is 14.9. The van der Waals surface area contributed by atoms with E-state index >= 15 is 0 Å². The number of carbonyl (C=O) groups is 2. The second-order valence-corrected chi connectivity index (χ2v) is 6.23. The third-order valence-electron chi connectivity index (χ3n) is 3.50. The van der Waals surface area contributed by atoms with Crippen molar-refractivity contribution in [1.29, 1.82) is 0 Å². The van der Waals surface area contributed by atoms with Gasteiger partial charge in [0.05, 0.1) is 0 Å². The molecule has 1 heterocycles. The fourth-order valence-electron chi connectivity index (χ4n) is 2.37. The Bertz CT molecular complexity index is 457. The highest BCUT2D eigenvalue weighted by Crippen LogP contribution is 2.25. The van der Waals surface area contributed by atoms with Gasteiger partial charge >= 0.3 is 5.97 Å². The molecule has 1 aliphatic heterocycles. The highest BCUT2D eigenvalue weighted by Gasteiger charge is 2.24. The maximum atomic E-state index is 12.0. The van der Waals surface area contributed by atoms with Gasteiger partial charge in [-0.3, -0.25) is 4.79 Å². The van der Waals surface area contributed by atoms with Gasteiger partial charge in [0.2, 0.25) is 5.91 Å². The molecule has 1 aliphatic rings. The van der Waals surface area contributed by atoms with Gasteiger partial charge < -0.3 is 10.4 Å². The molecular weight excluding hydrogens is 274 g/mol. The van der Waals surface area contributed by atoms with Gasteiger partial charge in [-0.05, 0) is 35.8 Å².